The van der Waals surface area contributed by atoms with E-state index in [2.05, 4.69) is 36.5 Å². The van der Waals surface area contributed by atoms with Gasteiger partial charge in [0.05, 0.1) is 10.0 Å². The first-order chi connectivity index (χ1) is 10.1. The molecule has 1 N–H and O–H groups in total. The number of hydrogen-bond acceptors (Lipinski definition) is 1. The van der Waals surface area contributed by atoms with E-state index < -0.39 is 0 Å². The molecule has 0 bridgehead atoms. The average molecular weight is 322 g/mol. The second kappa shape index (κ2) is 7.84. The van der Waals surface area contributed by atoms with Crippen LogP contribution in [0.15, 0.2) is 42.5 Å². The van der Waals surface area contributed by atoms with Gasteiger partial charge in [0.25, 0.3) is 0 Å². The Balaban J connectivity index is 1.99. The molecule has 0 spiro atoms. The summed E-state index contributed by atoms with van der Waals surface area (Å²) in [4.78, 5) is 0. The second-order valence-corrected chi connectivity index (χ2v) is 6.22. The fraction of sp³-hybridized carbons (Fsp3) is 0.333. The molecule has 2 aromatic carbocycles. The van der Waals surface area contributed by atoms with E-state index in [1.807, 2.05) is 25.2 Å². The van der Waals surface area contributed by atoms with E-state index in [4.69, 9.17) is 23.2 Å². The molecule has 1 atom stereocenters. The minimum atomic E-state index is 0.390. The SMILES string of the molecule is CNC(CCc1cccc(C)c1)Cc1cccc(Cl)c1Cl. The molecular weight excluding hydrogens is 301 g/mol. The normalized spacial score (nSPS) is 12.4. The van der Waals surface area contributed by atoms with E-state index in [1.54, 1.807) is 0 Å². The van der Waals surface area contributed by atoms with Gasteiger partial charge in [0, 0.05) is 6.04 Å². The Labute approximate surface area is 137 Å². The molecule has 0 saturated carbocycles. The number of likely N-dealkylation sites (N-methyl/N-ethyl adjacent to an activating group) is 1. The maximum Gasteiger partial charge on any atom is 0.0624 e. The molecule has 3 heteroatoms. The summed E-state index contributed by atoms with van der Waals surface area (Å²) in [6.45, 7) is 2.13. The van der Waals surface area contributed by atoms with E-state index in [0.29, 0.717) is 16.1 Å². The van der Waals surface area contributed by atoms with Crippen LogP contribution in [0.4, 0.5) is 0 Å². The smallest absolute Gasteiger partial charge is 0.0624 e. The van der Waals surface area contributed by atoms with Crippen LogP contribution in [0.25, 0.3) is 0 Å². The van der Waals surface area contributed by atoms with Crippen molar-refractivity contribution in [3.8, 4) is 0 Å². The van der Waals surface area contributed by atoms with Crippen molar-refractivity contribution in [1.29, 1.82) is 0 Å². The molecule has 0 aliphatic rings. The van der Waals surface area contributed by atoms with Crippen molar-refractivity contribution in [1.82, 2.24) is 5.32 Å². The summed E-state index contributed by atoms with van der Waals surface area (Å²) in [6, 6.07) is 14.9. The monoisotopic (exact) mass is 321 g/mol. The number of rotatable bonds is 6. The molecule has 1 nitrogen and oxygen atoms in total. The second-order valence-electron chi connectivity index (χ2n) is 5.43. The number of hydrogen-bond donors (Lipinski definition) is 1. The molecule has 0 aliphatic carbocycles. The first-order valence-electron chi connectivity index (χ1n) is 7.26. The van der Waals surface area contributed by atoms with Gasteiger partial charge in [-0.2, -0.15) is 0 Å². The van der Waals surface area contributed by atoms with Crippen LogP contribution in [0.2, 0.25) is 10.0 Å². The summed E-state index contributed by atoms with van der Waals surface area (Å²) < 4.78 is 0. The highest BCUT2D eigenvalue weighted by molar-refractivity contribution is 6.42. The van der Waals surface area contributed by atoms with Crippen LogP contribution < -0.4 is 5.32 Å². The average Bonchev–Trinajstić information content (AvgIpc) is 2.48. The summed E-state index contributed by atoms with van der Waals surface area (Å²) in [7, 11) is 2.00. The largest absolute Gasteiger partial charge is 0.317 e. The molecule has 112 valence electrons. The van der Waals surface area contributed by atoms with E-state index >= 15 is 0 Å². The van der Waals surface area contributed by atoms with Gasteiger partial charge >= 0.3 is 0 Å². The standard InChI is InChI=1S/C18H21Cl2N/c1-13-5-3-6-14(11-13)9-10-16(21-2)12-15-7-4-8-17(19)18(15)20/h3-8,11,16,21H,9-10,12H2,1-2H3. The van der Waals surface area contributed by atoms with E-state index in [1.165, 1.54) is 11.1 Å². The van der Waals surface area contributed by atoms with Crippen LogP contribution in [-0.4, -0.2) is 13.1 Å². The third kappa shape index (κ3) is 4.74. The van der Waals surface area contributed by atoms with Crippen LogP contribution in [0.3, 0.4) is 0 Å². The Morgan fingerprint density at radius 2 is 1.86 bits per heavy atom. The maximum absolute atomic E-state index is 6.27. The first-order valence-corrected chi connectivity index (χ1v) is 8.01. The Kier molecular flexibility index (Phi) is 6.10. The highest BCUT2D eigenvalue weighted by Crippen LogP contribution is 2.26. The number of nitrogens with one attached hydrogen (secondary N) is 1. The summed E-state index contributed by atoms with van der Waals surface area (Å²) in [5, 5.41) is 4.68. The van der Waals surface area contributed by atoms with Gasteiger partial charge < -0.3 is 5.32 Å². The zero-order valence-electron chi connectivity index (χ0n) is 12.5. The molecule has 0 radical (unpaired) electrons. The first kappa shape index (κ1) is 16.4. The number of halogens is 2. The fourth-order valence-corrected chi connectivity index (χ4v) is 2.93. The van der Waals surface area contributed by atoms with Gasteiger partial charge in [-0.25, -0.2) is 0 Å². The van der Waals surface area contributed by atoms with Gasteiger partial charge in [-0.1, -0.05) is 65.2 Å². The molecule has 21 heavy (non-hydrogen) atoms. The van der Waals surface area contributed by atoms with Crippen molar-refractivity contribution < 1.29 is 0 Å². The topological polar surface area (TPSA) is 12.0 Å². The molecule has 0 saturated heterocycles. The van der Waals surface area contributed by atoms with Crippen LogP contribution in [0, 0.1) is 6.92 Å². The lowest BCUT2D eigenvalue weighted by Crippen LogP contribution is -2.28. The molecule has 0 amide bonds. The summed E-state index contributed by atoms with van der Waals surface area (Å²) >= 11 is 12.4. The van der Waals surface area contributed by atoms with Gasteiger partial charge in [-0.05, 0) is 50.4 Å². The molecule has 0 fully saturated rings. The molecule has 2 aromatic rings. The van der Waals surface area contributed by atoms with E-state index in [9.17, 15) is 0 Å². The van der Waals surface area contributed by atoms with E-state index in [0.717, 1.165) is 24.8 Å². The zero-order valence-corrected chi connectivity index (χ0v) is 14.0. The van der Waals surface area contributed by atoms with Gasteiger partial charge in [-0.15, -0.1) is 0 Å². The highest BCUT2D eigenvalue weighted by atomic mass is 35.5. The predicted octanol–water partition coefficient (Wildman–Crippen LogP) is 5.07. The Morgan fingerprint density at radius 3 is 2.57 bits per heavy atom. The molecule has 0 aliphatic heterocycles. The summed E-state index contributed by atoms with van der Waals surface area (Å²) in [6.07, 6.45) is 3.02. The molecule has 0 aromatic heterocycles. The molecular formula is C18H21Cl2N. The van der Waals surface area contributed by atoms with Crippen LogP contribution in [0.1, 0.15) is 23.1 Å². The minimum Gasteiger partial charge on any atom is -0.317 e. The van der Waals surface area contributed by atoms with Crippen molar-refractivity contribution in [2.45, 2.75) is 32.2 Å². The van der Waals surface area contributed by atoms with Crippen molar-refractivity contribution in [2.24, 2.45) is 0 Å². The predicted molar refractivity (Wildman–Crippen MR) is 92.5 cm³/mol. The lowest BCUT2D eigenvalue weighted by Gasteiger charge is -2.17. The van der Waals surface area contributed by atoms with Crippen LogP contribution in [-0.2, 0) is 12.8 Å². The minimum absolute atomic E-state index is 0.390. The number of benzene rings is 2. The maximum atomic E-state index is 6.27. The fourth-order valence-electron chi connectivity index (χ4n) is 2.53. The molecule has 2 rings (SSSR count). The summed E-state index contributed by atoms with van der Waals surface area (Å²) in [5.74, 6) is 0. The third-order valence-electron chi connectivity index (χ3n) is 3.77. The number of aryl methyl sites for hydroxylation is 2. The quantitative estimate of drug-likeness (QED) is 0.783. The van der Waals surface area contributed by atoms with Gasteiger partial charge in [0.2, 0.25) is 0 Å². The molecule has 1 unspecified atom stereocenters. The van der Waals surface area contributed by atoms with Crippen LogP contribution >= 0.6 is 23.2 Å². The van der Waals surface area contributed by atoms with Crippen molar-refractivity contribution in [3.63, 3.8) is 0 Å². The zero-order chi connectivity index (χ0) is 15.2. The van der Waals surface area contributed by atoms with Crippen molar-refractivity contribution in [3.05, 3.63) is 69.2 Å². The molecule has 0 heterocycles. The van der Waals surface area contributed by atoms with Crippen LogP contribution in [0.5, 0.6) is 0 Å². The Morgan fingerprint density at radius 1 is 1.10 bits per heavy atom. The highest BCUT2D eigenvalue weighted by Gasteiger charge is 2.11. The lowest BCUT2D eigenvalue weighted by molar-refractivity contribution is 0.520. The summed E-state index contributed by atoms with van der Waals surface area (Å²) in [5.41, 5.74) is 3.80. The Bertz CT molecular complexity index is 596. The van der Waals surface area contributed by atoms with Gasteiger partial charge in [-0.3, -0.25) is 0 Å². The van der Waals surface area contributed by atoms with Crippen molar-refractivity contribution >= 4 is 23.2 Å². The van der Waals surface area contributed by atoms with E-state index in [-0.39, 0.29) is 0 Å². The van der Waals surface area contributed by atoms with Crippen molar-refractivity contribution in [2.75, 3.05) is 7.05 Å². The van der Waals surface area contributed by atoms with Gasteiger partial charge in [0.15, 0.2) is 0 Å². The Hall–Kier alpha value is -1.02. The van der Waals surface area contributed by atoms with Gasteiger partial charge in [0.1, 0.15) is 0 Å². The third-order valence-corrected chi connectivity index (χ3v) is 4.63. The lowest BCUT2D eigenvalue weighted by atomic mass is 9.98.